The van der Waals surface area contributed by atoms with Gasteiger partial charge in [-0.2, -0.15) is 0 Å². The Morgan fingerprint density at radius 3 is 2.65 bits per heavy atom. The van der Waals surface area contributed by atoms with E-state index in [9.17, 15) is 9.59 Å². The summed E-state index contributed by atoms with van der Waals surface area (Å²) in [4.78, 5) is 27.8. The van der Waals surface area contributed by atoms with E-state index < -0.39 is 5.60 Å². The first kappa shape index (κ1) is 16.9. The van der Waals surface area contributed by atoms with Gasteiger partial charge in [-0.05, 0) is 39.3 Å². The quantitative estimate of drug-likeness (QED) is 0.855. The second kappa shape index (κ2) is 7.22. The van der Waals surface area contributed by atoms with Crippen LogP contribution in [-0.4, -0.2) is 22.5 Å². The lowest BCUT2D eigenvalue weighted by molar-refractivity contribution is -0.154. The molecule has 0 spiro atoms. The zero-order valence-corrected chi connectivity index (χ0v) is 13.8. The van der Waals surface area contributed by atoms with Crippen LogP contribution in [0.15, 0.2) is 36.5 Å². The number of rotatable bonds is 5. The Hall–Kier alpha value is -2.43. The van der Waals surface area contributed by atoms with Gasteiger partial charge in [0.15, 0.2) is 0 Å². The van der Waals surface area contributed by atoms with E-state index in [1.165, 1.54) is 0 Å². The number of aromatic nitrogens is 1. The zero-order valence-electron chi connectivity index (χ0n) is 13.8. The topological polar surface area (TPSA) is 68.3 Å². The lowest BCUT2D eigenvalue weighted by Gasteiger charge is -2.19. The number of ether oxygens (including phenoxy) is 1. The molecule has 1 amide bonds. The van der Waals surface area contributed by atoms with Crippen LogP contribution in [0.25, 0.3) is 10.9 Å². The summed E-state index contributed by atoms with van der Waals surface area (Å²) in [5.41, 5.74) is 1.05. The summed E-state index contributed by atoms with van der Waals surface area (Å²) in [6.07, 6.45) is 2.60. The molecule has 122 valence electrons. The standard InChI is InChI=1S/C18H22N2O3/c1-18(2,3)23-17(22)10-6-9-16(21)20-14-11-13-7-4-5-8-15(13)19-12-14/h4-5,7-8,11-12H,6,9-10H2,1-3H3,(H,20,21). The van der Waals surface area contributed by atoms with Crippen LogP contribution in [0.2, 0.25) is 0 Å². The van der Waals surface area contributed by atoms with Gasteiger partial charge in [-0.15, -0.1) is 0 Å². The predicted molar refractivity (Wildman–Crippen MR) is 90.1 cm³/mol. The molecule has 0 bridgehead atoms. The van der Waals surface area contributed by atoms with E-state index in [-0.39, 0.29) is 24.7 Å². The fourth-order valence-electron chi connectivity index (χ4n) is 2.15. The number of carbonyl (C=O) groups excluding carboxylic acids is 2. The summed E-state index contributed by atoms with van der Waals surface area (Å²) in [6.45, 7) is 5.47. The van der Waals surface area contributed by atoms with Crippen molar-refractivity contribution >= 4 is 28.5 Å². The smallest absolute Gasteiger partial charge is 0.306 e. The number of nitrogens with zero attached hydrogens (tertiary/aromatic N) is 1. The van der Waals surface area contributed by atoms with E-state index in [0.717, 1.165) is 10.9 Å². The molecule has 1 N–H and O–H groups in total. The molecule has 1 aromatic carbocycles. The second-order valence-corrected chi connectivity index (χ2v) is 6.40. The lowest BCUT2D eigenvalue weighted by atomic mass is 10.2. The van der Waals surface area contributed by atoms with Crippen LogP contribution in [0.1, 0.15) is 40.0 Å². The van der Waals surface area contributed by atoms with Crippen LogP contribution in [0.5, 0.6) is 0 Å². The molecule has 1 heterocycles. The number of esters is 1. The van der Waals surface area contributed by atoms with Crippen LogP contribution in [0.4, 0.5) is 5.69 Å². The largest absolute Gasteiger partial charge is 0.460 e. The molecule has 2 rings (SSSR count). The molecule has 0 unspecified atom stereocenters. The summed E-state index contributed by atoms with van der Waals surface area (Å²) < 4.78 is 5.21. The molecule has 5 heteroatoms. The number of anilines is 1. The van der Waals surface area contributed by atoms with E-state index in [0.29, 0.717) is 12.1 Å². The van der Waals surface area contributed by atoms with Gasteiger partial charge < -0.3 is 10.1 Å². The predicted octanol–water partition coefficient (Wildman–Crippen LogP) is 3.69. The highest BCUT2D eigenvalue weighted by Crippen LogP contribution is 2.16. The van der Waals surface area contributed by atoms with Crippen LogP contribution < -0.4 is 5.32 Å². The summed E-state index contributed by atoms with van der Waals surface area (Å²) in [6, 6.07) is 9.59. The molecular weight excluding hydrogens is 292 g/mol. The SMILES string of the molecule is CC(C)(C)OC(=O)CCCC(=O)Nc1cnc2ccccc2c1. The van der Waals surface area contributed by atoms with Gasteiger partial charge in [0, 0.05) is 18.2 Å². The fraction of sp³-hybridized carbons (Fsp3) is 0.389. The molecule has 0 aliphatic carbocycles. The van der Waals surface area contributed by atoms with Gasteiger partial charge >= 0.3 is 5.97 Å². The molecule has 0 atom stereocenters. The zero-order chi connectivity index (χ0) is 16.9. The molecule has 0 fully saturated rings. The van der Waals surface area contributed by atoms with E-state index in [2.05, 4.69) is 10.3 Å². The molecular formula is C18H22N2O3. The highest BCUT2D eigenvalue weighted by atomic mass is 16.6. The Morgan fingerprint density at radius 2 is 1.91 bits per heavy atom. The van der Waals surface area contributed by atoms with Gasteiger partial charge in [0.25, 0.3) is 0 Å². The number of hydrogen-bond donors (Lipinski definition) is 1. The van der Waals surface area contributed by atoms with Crippen molar-refractivity contribution in [2.45, 2.75) is 45.6 Å². The normalized spacial score (nSPS) is 11.3. The molecule has 2 aromatic rings. The van der Waals surface area contributed by atoms with Gasteiger partial charge in [-0.1, -0.05) is 18.2 Å². The first-order valence-corrected chi connectivity index (χ1v) is 7.70. The van der Waals surface area contributed by atoms with E-state index in [4.69, 9.17) is 4.74 Å². The Kier molecular flexibility index (Phi) is 5.32. The highest BCUT2D eigenvalue weighted by molar-refractivity contribution is 5.93. The van der Waals surface area contributed by atoms with Gasteiger partial charge in [0.2, 0.25) is 5.91 Å². The van der Waals surface area contributed by atoms with E-state index in [1.807, 2.05) is 51.1 Å². The van der Waals surface area contributed by atoms with Crippen molar-refractivity contribution in [2.24, 2.45) is 0 Å². The monoisotopic (exact) mass is 314 g/mol. The maximum absolute atomic E-state index is 11.9. The van der Waals surface area contributed by atoms with E-state index in [1.54, 1.807) is 6.20 Å². The number of pyridine rings is 1. The third-order valence-corrected chi connectivity index (χ3v) is 3.08. The van der Waals surface area contributed by atoms with Gasteiger partial charge in [-0.3, -0.25) is 14.6 Å². The second-order valence-electron chi connectivity index (χ2n) is 6.40. The summed E-state index contributed by atoms with van der Waals surface area (Å²) >= 11 is 0. The van der Waals surface area contributed by atoms with Crippen LogP contribution in [-0.2, 0) is 14.3 Å². The van der Waals surface area contributed by atoms with Gasteiger partial charge in [0.1, 0.15) is 5.60 Å². The van der Waals surface area contributed by atoms with Crippen molar-refractivity contribution in [2.75, 3.05) is 5.32 Å². The van der Waals surface area contributed by atoms with Crippen LogP contribution >= 0.6 is 0 Å². The number of fused-ring (bicyclic) bond motifs is 1. The number of benzene rings is 1. The van der Waals surface area contributed by atoms with Crippen molar-refractivity contribution in [3.05, 3.63) is 36.5 Å². The summed E-state index contributed by atoms with van der Waals surface area (Å²) in [5.74, 6) is -0.414. The van der Waals surface area contributed by atoms with Crippen molar-refractivity contribution in [1.29, 1.82) is 0 Å². The molecule has 0 aliphatic heterocycles. The van der Waals surface area contributed by atoms with Crippen LogP contribution in [0, 0.1) is 0 Å². The number of nitrogens with one attached hydrogen (secondary N) is 1. The Balaban J connectivity index is 1.81. The van der Waals surface area contributed by atoms with Crippen molar-refractivity contribution in [3.63, 3.8) is 0 Å². The van der Waals surface area contributed by atoms with Crippen LogP contribution in [0.3, 0.4) is 0 Å². The molecule has 5 nitrogen and oxygen atoms in total. The highest BCUT2D eigenvalue weighted by Gasteiger charge is 2.16. The third-order valence-electron chi connectivity index (χ3n) is 3.08. The number of para-hydroxylation sites is 1. The van der Waals surface area contributed by atoms with Crippen molar-refractivity contribution in [3.8, 4) is 0 Å². The van der Waals surface area contributed by atoms with Crippen molar-refractivity contribution in [1.82, 2.24) is 4.98 Å². The maximum atomic E-state index is 11.9. The Labute approximate surface area is 136 Å². The average Bonchev–Trinajstić information content (AvgIpc) is 2.45. The van der Waals surface area contributed by atoms with Gasteiger partial charge in [-0.25, -0.2) is 0 Å². The van der Waals surface area contributed by atoms with E-state index >= 15 is 0 Å². The first-order valence-electron chi connectivity index (χ1n) is 7.70. The Bertz CT molecular complexity index is 705. The molecule has 23 heavy (non-hydrogen) atoms. The van der Waals surface area contributed by atoms with Gasteiger partial charge in [0.05, 0.1) is 17.4 Å². The maximum Gasteiger partial charge on any atom is 0.306 e. The number of amides is 1. The molecule has 1 aromatic heterocycles. The first-order chi connectivity index (χ1) is 10.8. The Morgan fingerprint density at radius 1 is 1.17 bits per heavy atom. The lowest BCUT2D eigenvalue weighted by Crippen LogP contribution is -2.24. The number of carbonyl (C=O) groups is 2. The minimum absolute atomic E-state index is 0.134. The van der Waals surface area contributed by atoms with Crippen molar-refractivity contribution < 1.29 is 14.3 Å². The summed E-state index contributed by atoms with van der Waals surface area (Å²) in [7, 11) is 0. The molecule has 0 saturated heterocycles. The average molecular weight is 314 g/mol. The minimum atomic E-state index is -0.490. The molecule has 0 aliphatic rings. The number of hydrogen-bond acceptors (Lipinski definition) is 4. The third kappa shape index (κ3) is 5.70. The molecule has 0 radical (unpaired) electrons. The summed E-state index contributed by atoms with van der Waals surface area (Å²) in [5, 5.41) is 3.77. The fourth-order valence-corrected chi connectivity index (χ4v) is 2.15. The minimum Gasteiger partial charge on any atom is -0.460 e. The molecule has 0 saturated carbocycles.